The number of rotatable bonds is 2. The van der Waals surface area contributed by atoms with Crippen LogP contribution in [0.2, 0.25) is 5.02 Å². The lowest BCUT2D eigenvalue weighted by atomic mass is 10.1. The zero-order valence-electron chi connectivity index (χ0n) is 10.8. The summed E-state index contributed by atoms with van der Waals surface area (Å²) in [6.07, 6.45) is 1.49. The van der Waals surface area contributed by atoms with Gasteiger partial charge in [0.1, 0.15) is 5.75 Å². The van der Waals surface area contributed by atoms with Crippen LogP contribution in [0.15, 0.2) is 59.2 Å². The summed E-state index contributed by atoms with van der Waals surface area (Å²) >= 11 is 5.81. The second-order valence-electron chi connectivity index (χ2n) is 4.40. The van der Waals surface area contributed by atoms with E-state index in [-0.39, 0.29) is 17.3 Å². The first kappa shape index (κ1) is 13.4. The molecule has 5 heteroatoms. The first-order chi connectivity index (χ1) is 10.1. The maximum absolute atomic E-state index is 11.8. The summed E-state index contributed by atoms with van der Waals surface area (Å²) < 4.78 is 5.13. The fraction of sp³-hybridized carbons (Fsp3) is 0. The number of carbonyl (C=O) groups is 1. The van der Waals surface area contributed by atoms with Gasteiger partial charge in [0.05, 0.1) is 0 Å². The summed E-state index contributed by atoms with van der Waals surface area (Å²) in [4.78, 5) is 16.0. The number of hydrogen-bond donors (Lipinski definition) is 1. The Bertz CT molecular complexity index is 763. The molecule has 0 aromatic heterocycles. The molecule has 0 atom stereocenters. The van der Waals surface area contributed by atoms with Gasteiger partial charge in [0.15, 0.2) is 5.70 Å². The molecule has 0 unspecified atom stereocenters. The summed E-state index contributed by atoms with van der Waals surface area (Å²) in [7, 11) is 0. The molecule has 0 fully saturated rings. The molecule has 1 N–H and O–H groups in total. The van der Waals surface area contributed by atoms with Gasteiger partial charge in [-0.05, 0) is 36.4 Å². The molecule has 2 aromatic rings. The van der Waals surface area contributed by atoms with Crippen LogP contribution in [0.1, 0.15) is 11.1 Å². The van der Waals surface area contributed by atoms with E-state index in [1.807, 2.05) is 0 Å². The van der Waals surface area contributed by atoms with Crippen LogP contribution >= 0.6 is 11.6 Å². The number of esters is 1. The van der Waals surface area contributed by atoms with Crippen molar-refractivity contribution in [1.82, 2.24) is 0 Å². The Labute approximate surface area is 126 Å². The van der Waals surface area contributed by atoms with E-state index in [9.17, 15) is 9.90 Å². The number of phenols is 1. The van der Waals surface area contributed by atoms with Crippen molar-refractivity contribution in [3.05, 3.63) is 70.4 Å². The van der Waals surface area contributed by atoms with Gasteiger partial charge in [0, 0.05) is 16.1 Å². The predicted molar refractivity (Wildman–Crippen MR) is 80.2 cm³/mol. The maximum Gasteiger partial charge on any atom is 0.363 e. The minimum atomic E-state index is -0.553. The molecule has 0 saturated heterocycles. The van der Waals surface area contributed by atoms with Crippen molar-refractivity contribution in [2.45, 2.75) is 0 Å². The number of nitrogens with zero attached hydrogens (tertiary/aromatic N) is 1. The molecule has 1 aliphatic rings. The zero-order valence-corrected chi connectivity index (χ0v) is 11.5. The lowest BCUT2D eigenvalue weighted by Gasteiger charge is -1.98. The van der Waals surface area contributed by atoms with Gasteiger partial charge in [0.25, 0.3) is 0 Å². The number of para-hydroxylation sites is 1. The van der Waals surface area contributed by atoms with E-state index in [1.165, 1.54) is 12.1 Å². The van der Waals surface area contributed by atoms with Crippen LogP contribution < -0.4 is 0 Å². The highest BCUT2D eigenvalue weighted by atomic mass is 35.5. The number of halogens is 1. The third kappa shape index (κ3) is 2.80. The minimum Gasteiger partial charge on any atom is -0.507 e. The Kier molecular flexibility index (Phi) is 3.46. The number of aliphatic imine (C=N–C) groups is 1. The van der Waals surface area contributed by atoms with Gasteiger partial charge in [-0.2, -0.15) is 0 Å². The van der Waals surface area contributed by atoms with E-state index >= 15 is 0 Å². The highest BCUT2D eigenvalue weighted by Gasteiger charge is 2.24. The average molecular weight is 300 g/mol. The average Bonchev–Trinajstić information content (AvgIpc) is 2.83. The SMILES string of the molecule is O=C1OC(c2ccc(Cl)cc2)=N/C1=C/c1ccccc1O. The number of benzene rings is 2. The summed E-state index contributed by atoms with van der Waals surface area (Å²) in [5.74, 6) is -0.255. The fourth-order valence-corrected chi connectivity index (χ4v) is 2.01. The Balaban J connectivity index is 1.96. The Morgan fingerprint density at radius 2 is 1.81 bits per heavy atom. The Hall–Kier alpha value is -2.59. The minimum absolute atomic E-state index is 0.0768. The van der Waals surface area contributed by atoms with Crippen LogP contribution in [-0.2, 0) is 9.53 Å². The molecule has 4 nitrogen and oxygen atoms in total. The molecule has 0 saturated carbocycles. The molecular formula is C16H10ClNO3. The third-order valence-corrected chi connectivity index (χ3v) is 3.19. The summed E-state index contributed by atoms with van der Waals surface area (Å²) in [5.41, 5.74) is 1.31. The van der Waals surface area contributed by atoms with Crippen LogP contribution in [0.3, 0.4) is 0 Å². The third-order valence-electron chi connectivity index (χ3n) is 2.94. The number of carbonyl (C=O) groups excluding carboxylic acids is 1. The quantitative estimate of drug-likeness (QED) is 0.683. The van der Waals surface area contributed by atoms with Crippen molar-refractivity contribution in [1.29, 1.82) is 0 Å². The van der Waals surface area contributed by atoms with E-state index in [0.717, 1.165) is 0 Å². The monoisotopic (exact) mass is 299 g/mol. The first-order valence-corrected chi connectivity index (χ1v) is 6.58. The van der Waals surface area contributed by atoms with Crippen LogP contribution in [0, 0.1) is 0 Å². The number of ether oxygens (including phenoxy) is 1. The van der Waals surface area contributed by atoms with Gasteiger partial charge in [-0.15, -0.1) is 0 Å². The molecular weight excluding hydrogens is 290 g/mol. The molecule has 3 rings (SSSR count). The number of phenolic OH excluding ortho intramolecular Hbond substituents is 1. The predicted octanol–water partition coefficient (Wildman–Crippen LogP) is 3.39. The Morgan fingerprint density at radius 3 is 2.52 bits per heavy atom. The normalized spacial score (nSPS) is 16.0. The molecule has 104 valence electrons. The molecule has 1 aliphatic heterocycles. The molecule has 0 radical (unpaired) electrons. The van der Waals surface area contributed by atoms with Gasteiger partial charge < -0.3 is 9.84 Å². The van der Waals surface area contributed by atoms with Gasteiger partial charge in [0.2, 0.25) is 5.90 Å². The van der Waals surface area contributed by atoms with Crippen LogP contribution in [0.25, 0.3) is 6.08 Å². The van der Waals surface area contributed by atoms with Crippen molar-refractivity contribution >= 4 is 29.5 Å². The van der Waals surface area contributed by atoms with Crippen LogP contribution in [-0.4, -0.2) is 17.0 Å². The van der Waals surface area contributed by atoms with Gasteiger partial charge in [-0.1, -0.05) is 29.8 Å². The highest BCUT2D eigenvalue weighted by Crippen LogP contribution is 2.23. The number of cyclic esters (lactones) is 1. The highest BCUT2D eigenvalue weighted by molar-refractivity contribution is 6.30. The van der Waals surface area contributed by atoms with Crippen LogP contribution in [0.5, 0.6) is 5.75 Å². The fourth-order valence-electron chi connectivity index (χ4n) is 1.88. The van der Waals surface area contributed by atoms with E-state index in [0.29, 0.717) is 16.1 Å². The van der Waals surface area contributed by atoms with Gasteiger partial charge in [-0.25, -0.2) is 9.79 Å². The van der Waals surface area contributed by atoms with Gasteiger partial charge >= 0.3 is 5.97 Å². The van der Waals surface area contributed by atoms with E-state index in [2.05, 4.69) is 4.99 Å². The van der Waals surface area contributed by atoms with Gasteiger partial charge in [-0.3, -0.25) is 0 Å². The molecule has 0 aliphatic carbocycles. The summed E-state index contributed by atoms with van der Waals surface area (Å²) in [6, 6.07) is 13.5. The second kappa shape index (κ2) is 5.42. The summed E-state index contributed by atoms with van der Waals surface area (Å²) in [5, 5.41) is 10.3. The zero-order chi connectivity index (χ0) is 14.8. The lowest BCUT2D eigenvalue weighted by molar-refractivity contribution is -0.129. The van der Waals surface area contributed by atoms with Crippen molar-refractivity contribution in [3.63, 3.8) is 0 Å². The molecule has 1 heterocycles. The van der Waals surface area contributed by atoms with E-state index in [1.54, 1.807) is 42.5 Å². The standard InChI is InChI=1S/C16H10ClNO3/c17-12-7-5-10(6-8-12)15-18-13(16(20)21-15)9-11-3-1-2-4-14(11)19/h1-9,19H/b13-9+. The number of hydrogen-bond acceptors (Lipinski definition) is 4. The van der Waals surface area contributed by atoms with Crippen molar-refractivity contribution in [2.24, 2.45) is 4.99 Å². The maximum atomic E-state index is 11.8. The van der Waals surface area contributed by atoms with Crippen molar-refractivity contribution in [2.75, 3.05) is 0 Å². The molecule has 0 amide bonds. The molecule has 0 bridgehead atoms. The van der Waals surface area contributed by atoms with E-state index < -0.39 is 5.97 Å². The van der Waals surface area contributed by atoms with Crippen LogP contribution in [0.4, 0.5) is 0 Å². The second-order valence-corrected chi connectivity index (χ2v) is 4.84. The van der Waals surface area contributed by atoms with Crippen molar-refractivity contribution < 1.29 is 14.6 Å². The first-order valence-electron chi connectivity index (χ1n) is 6.20. The lowest BCUT2D eigenvalue weighted by Crippen LogP contribution is -2.05. The largest absolute Gasteiger partial charge is 0.507 e. The Morgan fingerprint density at radius 1 is 1.10 bits per heavy atom. The molecule has 21 heavy (non-hydrogen) atoms. The number of aromatic hydroxyl groups is 1. The smallest absolute Gasteiger partial charge is 0.363 e. The molecule has 2 aromatic carbocycles. The summed E-state index contributed by atoms with van der Waals surface area (Å²) in [6.45, 7) is 0. The molecule has 0 spiro atoms. The topological polar surface area (TPSA) is 58.9 Å². The van der Waals surface area contributed by atoms with E-state index in [4.69, 9.17) is 16.3 Å². The van der Waals surface area contributed by atoms with Crippen molar-refractivity contribution in [3.8, 4) is 5.75 Å².